The highest BCUT2D eigenvalue weighted by Gasteiger charge is 2.23. The van der Waals surface area contributed by atoms with E-state index in [0.29, 0.717) is 18.1 Å². The van der Waals surface area contributed by atoms with Gasteiger partial charge in [0, 0.05) is 19.6 Å². The maximum absolute atomic E-state index is 12.9. The summed E-state index contributed by atoms with van der Waals surface area (Å²) >= 11 is 1.30. The SMILES string of the molecule is C[C@H]1CN(Cc2nnc(C(=O)NCc3ccc(F)cc3)s2)C[C@H](C)O1. The molecule has 3 rings (SSSR count). The Morgan fingerprint density at radius 1 is 1.28 bits per heavy atom. The molecule has 1 amide bonds. The number of aromatic nitrogens is 2. The molecule has 1 saturated heterocycles. The van der Waals surface area contributed by atoms with Crippen molar-refractivity contribution in [1.29, 1.82) is 0 Å². The zero-order chi connectivity index (χ0) is 17.8. The van der Waals surface area contributed by atoms with Crippen LogP contribution in [0.3, 0.4) is 0 Å². The first-order chi connectivity index (χ1) is 12.0. The van der Waals surface area contributed by atoms with E-state index in [2.05, 4.69) is 34.3 Å². The lowest BCUT2D eigenvalue weighted by atomic mass is 10.2. The van der Waals surface area contributed by atoms with Crippen LogP contribution >= 0.6 is 11.3 Å². The third-order valence-corrected chi connectivity index (χ3v) is 4.79. The molecule has 1 aromatic carbocycles. The van der Waals surface area contributed by atoms with Gasteiger partial charge >= 0.3 is 0 Å². The van der Waals surface area contributed by atoms with Crippen molar-refractivity contribution in [1.82, 2.24) is 20.4 Å². The lowest BCUT2D eigenvalue weighted by Crippen LogP contribution is -2.44. The van der Waals surface area contributed by atoms with Gasteiger partial charge in [0.1, 0.15) is 10.8 Å². The zero-order valence-corrected chi connectivity index (χ0v) is 15.1. The summed E-state index contributed by atoms with van der Waals surface area (Å²) in [6.07, 6.45) is 0.380. The molecule has 2 aromatic rings. The van der Waals surface area contributed by atoms with Gasteiger partial charge in [-0.2, -0.15) is 0 Å². The normalized spacial score (nSPS) is 21.2. The van der Waals surface area contributed by atoms with Crippen LogP contribution in [0.5, 0.6) is 0 Å². The molecule has 6 nitrogen and oxygen atoms in total. The average molecular weight is 364 g/mol. The fourth-order valence-electron chi connectivity index (χ4n) is 2.87. The second-order valence-corrected chi connectivity index (χ2v) is 7.32. The van der Waals surface area contributed by atoms with Crippen molar-refractivity contribution in [2.75, 3.05) is 13.1 Å². The molecular weight excluding hydrogens is 343 g/mol. The first kappa shape index (κ1) is 17.9. The van der Waals surface area contributed by atoms with Gasteiger partial charge in [-0.15, -0.1) is 10.2 Å². The van der Waals surface area contributed by atoms with Gasteiger partial charge in [-0.3, -0.25) is 9.69 Å². The molecule has 0 unspecified atom stereocenters. The van der Waals surface area contributed by atoms with E-state index in [-0.39, 0.29) is 23.9 Å². The second kappa shape index (κ2) is 7.99. The van der Waals surface area contributed by atoms with E-state index in [4.69, 9.17) is 4.74 Å². The van der Waals surface area contributed by atoms with Crippen LogP contribution in [0.4, 0.5) is 4.39 Å². The number of halogens is 1. The summed E-state index contributed by atoms with van der Waals surface area (Å²) in [5, 5.41) is 12.0. The Balaban J connectivity index is 1.53. The molecule has 1 N–H and O–H groups in total. The summed E-state index contributed by atoms with van der Waals surface area (Å²) in [7, 11) is 0. The van der Waals surface area contributed by atoms with Crippen LogP contribution in [-0.4, -0.2) is 46.3 Å². The lowest BCUT2D eigenvalue weighted by molar-refractivity contribution is -0.0705. The van der Waals surface area contributed by atoms with Gasteiger partial charge in [0.15, 0.2) is 0 Å². The molecule has 1 aliphatic rings. The molecule has 0 radical (unpaired) electrons. The van der Waals surface area contributed by atoms with Gasteiger partial charge in [0.2, 0.25) is 5.01 Å². The minimum absolute atomic E-state index is 0.190. The number of rotatable bonds is 5. The number of carbonyl (C=O) groups is 1. The number of benzene rings is 1. The number of hydrogen-bond acceptors (Lipinski definition) is 6. The summed E-state index contributed by atoms with van der Waals surface area (Å²) in [4.78, 5) is 14.4. The highest BCUT2D eigenvalue weighted by molar-refractivity contribution is 7.13. The maximum atomic E-state index is 12.9. The van der Waals surface area contributed by atoms with Gasteiger partial charge in [-0.25, -0.2) is 4.39 Å². The molecule has 8 heteroatoms. The van der Waals surface area contributed by atoms with Crippen LogP contribution in [0.1, 0.15) is 34.2 Å². The molecule has 2 atom stereocenters. The number of carbonyl (C=O) groups excluding carboxylic acids is 1. The van der Waals surface area contributed by atoms with Gasteiger partial charge in [0.25, 0.3) is 5.91 Å². The van der Waals surface area contributed by atoms with E-state index >= 15 is 0 Å². The first-order valence-corrected chi connectivity index (χ1v) is 9.04. The molecule has 0 saturated carbocycles. The van der Waals surface area contributed by atoms with E-state index in [1.807, 2.05) is 0 Å². The smallest absolute Gasteiger partial charge is 0.282 e. The number of amides is 1. The number of ether oxygens (including phenoxy) is 1. The van der Waals surface area contributed by atoms with Crippen molar-refractivity contribution in [3.8, 4) is 0 Å². The van der Waals surface area contributed by atoms with Crippen molar-refractivity contribution in [3.63, 3.8) is 0 Å². The molecule has 1 aliphatic heterocycles. The summed E-state index contributed by atoms with van der Waals surface area (Å²) < 4.78 is 18.6. The fraction of sp³-hybridized carbons (Fsp3) is 0.471. The molecule has 0 aliphatic carbocycles. The molecule has 134 valence electrons. The minimum atomic E-state index is -0.296. The summed E-state index contributed by atoms with van der Waals surface area (Å²) in [6.45, 7) is 6.79. The Kier molecular flexibility index (Phi) is 5.72. The van der Waals surface area contributed by atoms with Crippen LogP contribution in [0.2, 0.25) is 0 Å². The lowest BCUT2D eigenvalue weighted by Gasteiger charge is -2.34. The van der Waals surface area contributed by atoms with Crippen molar-refractivity contribution < 1.29 is 13.9 Å². The summed E-state index contributed by atoms with van der Waals surface area (Å²) in [5.41, 5.74) is 0.829. The van der Waals surface area contributed by atoms with Crippen molar-refractivity contribution in [2.24, 2.45) is 0 Å². The van der Waals surface area contributed by atoms with Gasteiger partial charge in [-0.05, 0) is 31.5 Å². The third kappa shape index (κ3) is 5.04. The average Bonchev–Trinajstić information content (AvgIpc) is 3.01. The second-order valence-electron chi connectivity index (χ2n) is 6.26. The molecule has 1 fully saturated rings. The van der Waals surface area contributed by atoms with E-state index in [1.165, 1.54) is 23.5 Å². The van der Waals surface area contributed by atoms with E-state index in [1.54, 1.807) is 12.1 Å². The van der Waals surface area contributed by atoms with Crippen LogP contribution in [0.25, 0.3) is 0 Å². The van der Waals surface area contributed by atoms with Gasteiger partial charge < -0.3 is 10.1 Å². The number of hydrogen-bond donors (Lipinski definition) is 1. The largest absolute Gasteiger partial charge is 0.373 e. The Morgan fingerprint density at radius 3 is 2.64 bits per heavy atom. The van der Waals surface area contributed by atoms with Gasteiger partial charge in [0.05, 0.1) is 18.8 Å². The summed E-state index contributed by atoms with van der Waals surface area (Å²) in [6, 6.07) is 6.02. The van der Waals surface area contributed by atoms with Crippen molar-refractivity contribution in [2.45, 2.75) is 39.1 Å². The highest BCUT2D eigenvalue weighted by Crippen LogP contribution is 2.17. The standard InChI is InChI=1S/C17H21FN4O2S/c1-11-8-22(9-12(2)24-11)10-15-20-21-17(25-15)16(23)19-7-13-3-5-14(18)6-4-13/h3-6,11-12H,7-10H2,1-2H3,(H,19,23)/t11-,12-/m0/s1. The number of nitrogens with zero attached hydrogens (tertiary/aromatic N) is 3. The number of morpholine rings is 1. The molecule has 0 bridgehead atoms. The van der Waals surface area contributed by atoms with Crippen molar-refractivity contribution >= 4 is 17.2 Å². The minimum Gasteiger partial charge on any atom is -0.373 e. The maximum Gasteiger partial charge on any atom is 0.282 e. The van der Waals surface area contributed by atoms with Crippen LogP contribution in [0.15, 0.2) is 24.3 Å². The number of nitrogens with one attached hydrogen (secondary N) is 1. The zero-order valence-electron chi connectivity index (χ0n) is 14.2. The summed E-state index contributed by atoms with van der Waals surface area (Å²) in [5.74, 6) is -0.563. The van der Waals surface area contributed by atoms with Crippen LogP contribution in [-0.2, 0) is 17.8 Å². The highest BCUT2D eigenvalue weighted by atomic mass is 32.1. The molecule has 1 aromatic heterocycles. The van der Waals surface area contributed by atoms with Crippen LogP contribution < -0.4 is 5.32 Å². The van der Waals surface area contributed by atoms with E-state index in [0.717, 1.165) is 23.7 Å². The van der Waals surface area contributed by atoms with E-state index < -0.39 is 0 Å². The first-order valence-electron chi connectivity index (χ1n) is 8.22. The predicted octanol–water partition coefficient (Wildman–Crippen LogP) is 2.22. The molecule has 0 spiro atoms. The van der Waals surface area contributed by atoms with Crippen molar-refractivity contribution in [3.05, 3.63) is 45.7 Å². The van der Waals surface area contributed by atoms with Crippen LogP contribution in [0, 0.1) is 5.82 Å². The quantitative estimate of drug-likeness (QED) is 0.881. The molecule has 25 heavy (non-hydrogen) atoms. The Morgan fingerprint density at radius 2 is 1.96 bits per heavy atom. The Labute approximate surface area is 150 Å². The molecule has 2 heterocycles. The van der Waals surface area contributed by atoms with Gasteiger partial charge in [-0.1, -0.05) is 23.5 Å². The third-order valence-electron chi connectivity index (χ3n) is 3.88. The van der Waals surface area contributed by atoms with E-state index in [9.17, 15) is 9.18 Å². The fourth-order valence-corrected chi connectivity index (χ4v) is 3.67. The molecular formula is C17H21FN4O2S. The predicted molar refractivity (Wildman–Crippen MR) is 92.8 cm³/mol. The Bertz CT molecular complexity index is 712. The monoisotopic (exact) mass is 364 g/mol. The topological polar surface area (TPSA) is 67.4 Å². The Hall–Kier alpha value is -1.90.